The second-order valence-corrected chi connectivity index (χ2v) is 2.29. The van der Waals surface area contributed by atoms with Gasteiger partial charge in [-0.15, -0.1) is 0 Å². The van der Waals surface area contributed by atoms with Crippen LogP contribution in [0.1, 0.15) is 26.7 Å². The molecule has 0 aromatic rings. The number of hydrogen-bond acceptors (Lipinski definition) is 3. The molecule has 0 amide bonds. The summed E-state index contributed by atoms with van der Waals surface area (Å²) in [5.74, 6) is -0.531. The lowest BCUT2D eigenvalue weighted by Gasteiger charge is -2.02. The number of allylic oxidation sites excluding steroid dienone is 1. The summed E-state index contributed by atoms with van der Waals surface area (Å²) in [6.07, 6.45) is 1.43. The van der Waals surface area contributed by atoms with Crippen molar-refractivity contribution >= 4 is 5.97 Å². The van der Waals surface area contributed by atoms with Crippen LogP contribution in [0, 0.1) is 11.3 Å². The summed E-state index contributed by atoms with van der Waals surface area (Å²) in [7, 11) is 1.28. The number of nitriles is 1. The monoisotopic (exact) mass is 167 g/mol. The maximum atomic E-state index is 11.0. The normalized spacial score (nSPS) is 8.50. The average molecular weight is 167 g/mol. The Hall–Kier alpha value is -1.30. The first-order valence-corrected chi connectivity index (χ1v) is 3.91. The van der Waals surface area contributed by atoms with E-state index in [1.54, 1.807) is 0 Å². The molecule has 66 valence electrons. The molecule has 0 aliphatic carbocycles. The molecule has 0 aromatic heterocycles. The minimum absolute atomic E-state index is 0.155. The van der Waals surface area contributed by atoms with Gasteiger partial charge < -0.3 is 4.74 Å². The van der Waals surface area contributed by atoms with Crippen molar-refractivity contribution in [3.8, 4) is 6.07 Å². The van der Waals surface area contributed by atoms with Crippen LogP contribution in [0.2, 0.25) is 0 Å². The van der Waals surface area contributed by atoms with Crippen LogP contribution in [0.3, 0.4) is 0 Å². The highest BCUT2D eigenvalue weighted by Gasteiger charge is 2.12. The molecular weight excluding hydrogens is 154 g/mol. The highest BCUT2D eigenvalue weighted by molar-refractivity contribution is 5.93. The molecule has 0 saturated carbocycles. The lowest BCUT2D eigenvalue weighted by atomic mass is 10.0. The molecule has 0 spiro atoms. The van der Waals surface area contributed by atoms with Crippen molar-refractivity contribution in [2.45, 2.75) is 26.7 Å². The molecule has 0 radical (unpaired) electrons. The number of carbonyl (C=O) groups is 1. The van der Waals surface area contributed by atoms with E-state index in [0.717, 1.165) is 5.57 Å². The molecule has 0 N–H and O–H groups in total. The quantitative estimate of drug-likeness (QED) is 0.366. The number of esters is 1. The largest absolute Gasteiger partial charge is 0.465 e. The Morgan fingerprint density at radius 3 is 2.17 bits per heavy atom. The number of rotatable bonds is 3. The highest BCUT2D eigenvalue weighted by atomic mass is 16.5. The van der Waals surface area contributed by atoms with E-state index in [0.29, 0.717) is 12.8 Å². The molecule has 3 heteroatoms. The van der Waals surface area contributed by atoms with Crippen molar-refractivity contribution in [2.24, 2.45) is 0 Å². The third kappa shape index (κ3) is 2.39. The van der Waals surface area contributed by atoms with Crippen LogP contribution in [0.15, 0.2) is 11.1 Å². The molecule has 3 nitrogen and oxygen atoms in total. The second-order valence-electron chi connectivity index (χ2n) is 2.29. The van der Waals surface area contributed by atoms with Gasteiger partial charge in [0.1, 0.15) is 11.6 Å². The molecule has 0 rings (SSSR count). The van der Waals surface area contributed by atoms with Gasteiger partial charge in [-0.3, -0.25) is 0 Å². The van der Waals surface area contributed by atoms with E-state index in [-0.39, 0.29) is 5.57 Å². The fraction of sp³-hybridized carbons (Fsp3) is 0.556. The van der Waals surface area contributed by atoms with Crippen molar-refractivity contribution < 1.29 is 9.53 Å². The summed E-state index contributed by atoms with van der Waals surface area (Å²) in [5.41, 5.74) is 1.01. The third-order valence-corrected chi connectivity index (χ3v) is 1.71. The standard InChI is InChI=1S/C9H13NO2/c1-4-7(5-2)8(6-10)9(11)12-3/h4-5H2,1-3H3. The van der Waals surface area contributed by atoms with Gasteiger partial charge in [-0.2, -0.15) is 5.26 Å². The van der Waals surface area contributed by atoms with E-state index in [2.05, 4.69) is 4.74 Å². The summed E-state index contributed by atoms with van der Waals surface area (Å²) in [4.78, 5) is 11.0. The molecule has 0 aliphatic heterocycles. The van der Waals surface area contributed by atoms with Gasteiger partial charge in [-0.05, 0) is 18.4 Å². The van der Waals surface area contributed by atoms with Crippen LogP contribution in [-0.4, -0.2) is 13.1 Å². The summed E-state index contributed by atoms with van der Waals surface area (Å²) in [6.45, 7) is 3.83. The second kappa shape index (κ2) is 5.36. The smallest absolute Gasteiger partial charge is 0.348 e. The molecule has 0 unspecified atom stereocenters. The molecule has 12 heavy (non-hydrogen) atoms. The average Bonchev–Trinajstić information content (AvgIpc) is 2.12. The number of hydrogen-bond donors (Lipinski definition) is 0. The molecule has 0 heterocycles. The van der Waals surface area contributed by atoms with Gasteiger partial charge in [-0.1, -0.05) is 13.8 Å². The van der Waals surface area contributed by atoms with Gasteiger partial charge in [0.2, 0.25) is 0 Å². The van der Waals surface area contributed by atoms with E-state index in [1.165, 1.54) is 7.11 Å². The minimum Gasteiger partial charge on any atom is -0.465 e. The molecular formula is C9H13NO2. The van der Waals surface area contributed by atoms with Gasteiger partial charge in [0.25, 0.3) is 0 Å². The first-order chi connectivity index (χ1) is 5.71. The zero-order valence-electron chi connectivity index (χ0n) is 7.68. The lowest BCUT2D eigenvalue weighted by Crippen LogP contribution is -2.05. The van der Waals surface area contributed by atoms with Crippen molar-refractivity contribution in [3.05, 3.63) is 11.1 Å². The summed E-state index contributed by atoms with van der Waals surface area (Å²) in [6, 6.07) is 1.86. The van der Waals surface area contributed by atoms with E-state index in [9.17, 15) is 4.79 Å². The van der Waals surface area contributed by atoms with Crippen molar-refractivity contribution in [2.75, 3.05) is 7.11 Å². The number of carbonyl (C=O) groups excluding carboxylic acids is 1. The van der Waals surface area contributed by atoms with Crippen LogP contribution in [-0.2, 0) is 9.53 Å². The summed E-state index contributed by atoms with van der Waals surface area (Å²) >= 11 is 0. The van der Waals surface area contributed by atoms with E-state index >= 15 is 0 Å². The Morgan fingerprint density at radius 2 is 1.92 bits per heavy atom. The van der Waals surface area contributed by atoms with Gasteiger partial charge >= 0.3 is 5.97 Å². The van der Waals surface area contributed by atoms with E-state index in [1.807, 2.05) is 19.9 Å². The fourth-order valence-electron chi connectivity index (χ4n) is 0.975. The van der Waals surface area contributed by atoms with Gasteiger partial charge in [0.15, 0.2) is 0 Å². The summed E-state index contributed by atoms with van der Waals surface area (Å²) < 4.78 is 4.47. The molecule has 0 saturated heterocycles. The zero-order valence-corrected chi connectivity index (χ0v) is 7.68. The Bertz CT molecular complexity index is 229. The Morgan fingerprint density at radius 1 is 1.42 bits per heavy atom. The predicted molar refractivity (Wildman–Crippen MR) is 45.2 cm³/mol. The van der Waals surface area contributed by atoms with Gasteiger partial charge in [0, 0.05) is 0 Å². The molecule has 0 fully saturated rings. The SMILES string of the molecule is CCC(CC)=C(C#N)C(=O)OC. The highest BCUT2D eigenvalue weighted by Crippen LogP contribution is 2.12. The Balaban J connectivity index is 4.85. The van der Waals surface area contributed by atoms with Crippen molar-refractivity contribution in [3.63, 3.8) is 0 Å². The van der Waals surface area contributed by atoms with Crippen LogP contribution < -0.4 is 0 Å². The Kier molecular flexibility index (Phi) is 4.78. The van der Waals surface area contributed by atoms with Crippen LogP contribution in [0.25, 0.3) is 0 Å². The van der Waals surface area contributed by atoms with E-state index in [4.69, 9.17) is 5.26 Å². The number of methoxy groups -OCH3 is 1. The maximum Gasteiger partial charge on any atom is 0.348 e. The maximum absolute atomic E-state index is 11.0. The van der Waals surface area contributed by atoms with Crippen LogP contribution in [0.5, 0.6) is 0 Å². The van der Waals surface area contributed by atoms with Crippen LogP contribution >= 0.6 is 0 Å². The minimum atomic E-state index is -0.531. The fourth-order valence-corrected chi connectivity index (χ4v) is 0.975. The molecule has 0 aromatic carbocycles. The summed E-state index contributed by atoms with van der Waals surface area (Å²) in [5, 5.41) is 8.65. The zero-order chi connectivity index (χ0) is 9.56. The predicted octanol–water partition coefficient (Wildman–Crippen LogP) is 1.80. The van der Waals surface area contributed by atoms with Crippen molar-refractivity contribution in [1.29, 1.82) is 5.26 Å². The lowest BCUT2D eigenvalue weighted by molar-refractivity contribution is -0.135. The molecule has 0 atom stereocenters. The topological polar surface area (TPSA) is 50.1 Å². The first kappa shape index (κ1) is 10.7. The first-order valence-electron chi connectivity index (χ1n) is 3.91. The third-order valence-electron chi connectivity index (χ3n) is 1.71. The molecule has 0 bridgehead atoms. The number of nitrogens with zero attached hydrogens (tertiary/aromatic N) is 1. The van der Waals surface area contributed by atoms with Crippen LogP contribution in [0.4, 0.5) is 0 Å². The molecule has 0 aliphatic rings. The number of ether oxygens (including phenoxy) is 1. The van der Waals surface area contributed by atoms with E-state index < -0.39 is 5.97 Å². The van der Waals surface area contributed by atoms with Gasteiger partial charge in [0.05, 0.1) is 7.11 Å². The Labute approximate surface area is 72.6 Å². The van der Waals surface area contributed by atoms with Gasteiger partial charge in [-0.25, -0.2) is 4.79 Å². The van der Waals surface area contributed by atoms with Crippen molar-refractivity contribution in [1.82, 2.24) is 0 Å².